The van der Waals surface area contributed by atoms with Crippen LogP contribution in [-0.2, 0) is 28.7 Å². The van der Waals surface area contributed by atoms with E-state index in [1.165, 1.54) is 28.1 Å². The smallest absolute Gasteiger partial charge is 0.329 e. The van der Waals surface area contributed by atoms with Crippen molar-refractivity contribution >= 4 is 23.8 Å². The van der Waals surface area contributed by atoms with Crippen molar-refractivity contribution in [2.75, 3.05) is 14.2 Å². The van der Waals surface area contributed by atoms with Crippen molar-refractivity contribution in [3.05, 3.63) is 0 Å². The van der Waals surface area contributed by atoms with E-state index in [0.29, 0.717) is 0 Å². The van der Waals surface area contributed by atoms with E-state index in [-0.39, 0.29) is 24.7 Å². The Morgan fingerprint density at radius 2 is 1.14 bits per heavy atom. The van der Waals surface area contributed by atoms with Gasteiger partial charge in [-0.3, -0.25) is 9.59 Å². The van der Waals surface area contributed by atoms with Crippen molar-refractivity contribution < 1.29 is 28.7 Å². The van der Waals surface area contributed by atoms with Crippen LogP contribution in [0.3, 0.4) is 0 Å². The third kappa shape index (κ3) is 7.89. The fourth-order valence-corrected chi connectivity index (χ4v) is 1.51. The fourth-order valence-electron chi connectivity index (χ4n) is 1.51. The maximum Gasteiger partial charge on any atom is 0.329 e. The Bertz CT molecular complexity index is 449. The predicted octanol–water partition coefficient (Wildman–Crippen LogP) is -0.875. The highest BCUT2D eigenvalue weighted by Gasteiger charge is 2.20. The second kappa shape index (κ2) is 10.2. The number of ether oxygens (including phenoxy) is 2. The van der Waals surface area contributed by atoms with Gasteiger partial charge in [0, 0.05) is 26.7 Å². The number of esters is 2. The summed E-state index contributed by atoms with van der Waals surface area (Å²) in [6.07, 6.45) is 0.0560. The van der Waals surface area contributed by atoms with Crippen molar-refractivity contribution in [1.82, 2.24) is 10.6 Å². The first-order valence-electron chi connectivity index (χ1n) is 6.47. The van der Waals surface area contributed by atoms with Crippen LogP contribution >= 0.6 is 0 Å². The van der Waals surface area contributed by atoms with Crippen molar-refractivity contribution in [1.29, 1.82) is 0 Å². The average molecular weight is 312 g/mol. The lowest BCUT2D eigenvalue weighted by Gasteiger charge is -2.13. The molecule has 0 aromatic rings. The summed E-state index contributed by atoms with van der Waals surface area (Å²) in [6.45, 7) is 2.54. The lowest BCUT2D eigenvalue weighted by atomic mass is 10.1. The highest BCUT2D eigenvalue weighted by atomic mass is 16.5. The summed E-state index contributed by atoms with van der Waals surface area (Å²) in [5.41, 5.74) is 0. The molecule has 8 heteroatoms. The third-order valence-corrected chi connectivity index (χ3v) is 2.46. The number of amides is 2. The molecule has 8 nitrogen and oxygen atoms in total. The minimum atomic E-state index is -0.882. The Morgan fingerprint density at radius 3 is 1.36 bits per heavy atom. The molecule has 0 fully saturated rings. The molecule has 2 N–H and O–H groups in total. The summed E-state index contributed by atoms with van der Waals surface area (Å²) in [6, 6.07) is -1.76. The van der Waals surface area contributed by atoms with E-state index in [2.05, 4.69) is 31.9 Å². The fraction of sp³-hybridized carbons (Fsp3) is 0.571. The van der Waals surface area contributed by atoms with Gasteiger partial charge in [-0.2, -0.15) is 0 Å². The number of carbonyl (C=O) groups excluding carboxylic acids is 4. The van der Waals surface area contributed by atoms with E-state index in [9.17, 15) is 19.2 Å². The van der Waals surface area contributed by atoms with E-state index in [1.807, 2.05) is 0 Å². The quantitative estimate of drug-likeness (QED) is 0.487. The van der Waals surface area contributed by atoms with Crippen LogP contribution in [0.5, 0.6) is 0 Å². The molecule has 0 aliphatic carbocycles. The van der Waals surface area contributed by atoms with Gasteiger partial charge in [0.2, 0.25) is 11.8 Å². The van der Waals surface area contributed by atoms with Crippen LogP contribution in [0, 0.1) is 11.8 Å². The molecule has 2 amide bonds. The van der Waals surface area contributed by atoms with Gasteiger partial charge in [0.05, 0.1) is 14.2 Å². The van der Waals surface area contributed by atoms with E-state index < -0.39 is 24.0 Å². The first kappa shape index (κ1) is 19.4. The average Bonchev–Trinajstić information content (AvgIpc) is 2.46. The summed E-state index contributed by atoms with van der Waals surface area (Å²) in [4.78, 5) is 44.9. The zero-order chi connectivity index (χ0) is 17.1. The molecular formula is C14H20N2O6. The van der Waals surface area contributed by atoms with Gasteiger partial charge in [-0.05, 0) is 0 Å². The van der Waals surface area contributed by atoms with Crippen LogP contribution < -0.4 is 10.6 Å². The molecular weight excluding hydrogens is 292 g/mol. The molecule has 22 heavy (non-hydrogen) atoms. The van der Waals surface area contributed by atoms with Crippen molar-refractivity contribution in [2.24, 2.45) is 0 Å². The molecule has 2 atom stereocenters. The van der Waals surface area contributed by atoms with Crippen LogP contribution in [-0.4, -0.2) is 50.1 Å². The molecule has 0 spiro atoms. The van der Waals surface area contributed by atoms with Gasteiger partial charge in [0.15, 0.2) is 0 Å². The number of methoxy groups -OCH3 is 2. The van der Waals surface area contributed by atoms with Crippen LogP contribution in [0.15, 0.2) is 0 Å². The molecule has 0 saturated heterocycles. The number of nitrogens with one attached hydrogen (secondary N) is 2. The Labute approximate surface area is 128 Å². The molecule has 0 aromatic heterocycles. The molecule has 2 unspecified atom stereocenters. The van der Waals surface area contributed by atoms with Crippen molar-refractivity contribution in [3.63, 3.8) is 0 Å². The number of hydrogen-bond acceptors (Lipinski definition) is 6. The van der Waals surface area contributed by atoms with Gasteiger partial charge in [0.25, 0.3) is 0 Å². The zero-order valence-corrected chi connectivity index (χ0v) is 13.0. The van der Waals surface area contributed by atoms with Crippen LogP contribution in [0.1, 0.15) is 26.7 Å². The topological polar surface area (TPSA) is 111 Å². The van der Waals surface area contributed by atoms with Crippen molar-refractivity contribution in [2.45, 2.75) is 38.8 Å². The van der Waals surface area contributed by atoms with Gasteiger partial charge in [-0.1, -0.05) is 0 Å². The molecule has 0 aliphatic rings. The number of carbonyl (C=O) groups is 4. The molecule has 0 aromatic carbocycles. The van der Waals surface area contributed by atoms with Crippen LogP contribution in [0.2, 0.25) is 0 Å². The van der Waals surface area contributed by atoms with Crippen LogP contribution in [0.4, 0.5) is 0 Å². The van der Waals surface area contributed by atoms with E-state index in [0.717, 1.165) is 0 Å². The normalized spacial score (nSPS) is 12.0. The molecule has 0 heterocycles. The summed E-state index contributed by atoms with van der Waals surface area (Å²) >= 11 is 0. The van der Waals surface area contributed by atoms with Gasteiger partial charge in [0.1, 0.15) is 12.1 Å². The number of rotatable bonds is 6. The van der Waals surface area contributed by atoms with Gasteiger partial charge < -0.3 is 20.1 Å². The van der Waals surface area contributed by atoms with Crippen molar-refractivity contribution in [3.8, 4) is 11.8 Å². The second-order valence-corrected chi connectivity index (χ2v) is 4.31. The molecule has 0 bridgehead atoms. The van der Waals surface area contributed by atoms with E-state index in [4.69, 9.17) is 0 Å². The van der Waals surface area contributed by atoms with Gasteiger partial charge >= 0.3 is 11.9 Å². The predicted molar refractivity (Wildman–Crippen MR) is 76.3 cm³/mol. The van der Waals surface area contributed by atoms with Crippen LogP contribution in [0.25, 0.3) is 0 Å². The molecule has 122 valence electrons. The maximum absolute atomic E-state index is 11.4. The van der Waals surface area contributed by atoms with E-state index in [1.54, 1.807) is 0 Å². The number of hydrogen-bond donors (Lipinski definition) is 2. The molecule has 0 rings (SSSR count). The SMILES string of the molecule is COC(=O)C(CC#CCC(NC(C)=O)C(=O)OC)NC(C)=O. The highest BCUT2D eigenvalue weighted by molar-refractivity contribution is 5.84. The van der Waals surface area contributed by atoms with E-state index >= 15 is 0 Å². The monoisotopic (exact) mass is 312 g/mol. The Morgan fingerprint density at radius 1 is 0.818 bits per heavy atom. The first-order chi connectivity index (χ1) is 10.3. The largest absolute Gasteiger partial charge is 0.467 e. The Balaban J connectivity index is 4.68. The molecule has 0 saturated carbocycles. The summed E-state index contributed by atoms with van der Waals surface area (Å²) in [5.74, 6) is 3.33. The van der Waals surface area contributed by atoms with Gasteiger partial charge in [-0.25, -0.2) is 9.59 Å². The Hall–Kier alpha value is -2.56. The molecule has 0 radical (unpaired) electrons. The standard InChI is InChI=1S/C14H20N2O6/c1-9(17)15-11(13(19)21-3)7-5-6-8-12(14(20)22-4)16-10(2)18/h11-12H,7-8H2,1-4H3,(H,15,17)(H,16,18). The third-order valence-electron chi connectivity index (χ3n) is 2.46. The summed E-state index contributed by atoms with van der Waals surface area (Å²) < 4.78 is 9.09. The summed E-state index contributed by atoms with van der Waals surface area (Å²) in [5, 5.41) is 4.82. The highest BCUT2D eigenvalue weighted by Crippen LogP contribution is 1.97. The minimum Gasteiger partial charge on any atom is -0.467 e. The minimum absolute atomic E-state index is 0.0280. The lowest BCUT2D eigenvalue weighted by Crippen LogP contribution is -2.40. The Kier molecular flexibility index (Phi) is 9.02. The first-order valence-corrected chi connectivity index (χ1v) is 6.47. The zero-order valence-electron chi connectivity index (χ0n) is 13.0. The maximum atomic E-state index is 11.4. The lowest BCUT2D eigenvalue weighted by molar-refractivity contribution is -0.145. The molecule has 0 aliphatic heterocycles. The second-order valence-electron chi connectivity index (χ2n) is 4.31. The van der Waals surface area contributed by atoms with Gasteiger partial charge in [-0.15, -0.1) is 11.8 Å². The summed E-state index contributed by atoms with van der Waals surface area (Å²) in [7, 11) is 2.41.